The molecule has 88 valence electrons. The standard InChI is InChI=1S/C13H21N3/c1-2-16(12-5-3-4-6-12)10-11-7-8-15-13(14)9-11/h7-9,12H,2-6,10H2,1H3,(H2,14,15). The maximum Gasteiger partial charge on any atom is 0.123 e. The van der Waals surface area contributed by atoms with Crippen molar-refractivity contribution in [2.75, 3.05) is 12.3 Å². The number of nitrogens with zero attached hydrogens (tertiary/aromatic N) is 2. The van der Waals surface area contributed by atoms with Crippen LogP contribution in [0.4, 0.5) is 5.82 Å². The maximum absolute atomic E-state index is 5.70. The van der Waals surface area contributed by atoms with E-state index in [0.29, 0.717) is 5.82 Å². The van der Waals surface area contributed by atoms with Crippen LogP contribution in [0.25, 0.3) is 0 Å². The van der Waals surface area contributed by atoms with E-state index < -0.39 is 0 Å². The highest BCUT2D eigenvalue weighted by molar-refractivity contribution is 5.31. The summed E-state index contributed by atoms with van der Waals surface area (Å²) in [6.45, 7) is 4.36. The van der Waals surface area contributed by atoms with Crippen molar-refractivity contribution in [3.63, 3.8) is 0 Å². The molecular formula is C13H21N3. The summed E-state index contributed by atoms with van der Waals surface area (Å²) in [6, 6.07) is 4.82. The van der Waals surface area contributed by atoms with Gasteiger partial charge in [-0.25, -0.2) is 4.98 Å². The lowest BCUT2D eigenvalue weighted by atomic mass is 10.1. The highest BCUT2D eigenvalue weighted by Crippen LogP contribution is 2.24. The van der Waals surface area contributed by atoms with Crippen LogP contribution < -0.4 is 5.73 Å². The molecule has 0 radical (unpaired) electrons. The molecule has 1 aromatic rings. The summed E-state index contributed by atoms with van der Waals surface area (Å²) in [7, 11) is 0. The molecule has 0 amide bonds. The molecule has 1 saturated carbocycles. The van der Waals surface area contributed by atoms with Crippen LogP contribution >= 0.6 is 0 Å². The molecule has 0 bridgehead atoms. The molecule has 16 heavy (non-hydrogen) atoms. The average Bonchev–Trinajstić information content (AvgIpc) is 2.79. The predicted octanol–water partition coefficient (Wildman–Crippen LogP) is 2.43. The monoisotopic (exact) mass is 219 g/mol. The quantitative estimate of drug-likeness (QED) is 0.845. The minimum atomic E-state index is 0.625. The Balaban J connectivity index is 2.00. The third-order valence-corrected chi connectivity index (χ3v) is 3.48. The van der Waals surface area contributed by atoms with Crippen molar-refractivity contribution < 1.29 is 0 Å². The molecule has 1 heterocycles. The number of hydrogen-bond acceptors (Lipinski definition) is 3. The number of nitrogen functional groups attached to an aromatic ring is 1. The highest BCUT2D eigenvalue weighted by Gasteiger charge is 2.21. The van der Waals surface area contributed by atoms with Gasteiger partial charge in [0, 0.05) is 18.8 Å². The van der Waals surface area contributed by atoms with Crippen LogP contribution in [-0.4, -0.2) is 22.5 Å². The highest BCUT2D eigenvalue weighted by atomic mass is 15.1. The van der Waals surface area contributed by atoms with Crippen LogP contribution in [0.1, 0.15) is 38.2 Å². The van der Waals surface area contributed by atoms with Gasteiger partial charge in [0.2, 0.25) is 0 Å². The summed E-state index contributed by atoms with van der Waals surface area (Å²) in [4.78, 5) is 6.59. The number of nitrogens with two attached hydrogens (primary N) is 1. The lowest BCUT2D eigenvalue weighted by Gasteiger charge is -2.27. The van der Waals surface area contributed by atoms with Gasteiger partial charge in [-0.15, -0.1) is 0 Å². The van der Waals surface area contributed by atoms with Crippen LogP contribution in [0.5, 0.6) is 0 Å². The molecule has 1 aliphatic rings. The Morgan fingerprint density at radius 1 is 1.44 bits per heavy atom. The topological polar surface area (TPSA) is 42.2 Å². The fourth-order valence-electron chi connectivity index (χ4n) is 2.60. The number of pyridine rings is 1. The summed E-state index contributed by atoms with van der Waals surface area (Å²) < 4.78 is 0. The third-order valence-electron chi connectivity index (χ3n) is 3.48. The number of hydrogen-bond donors (Lipinski definition) is 1. The molecule has 0 saturated heterocycles. The van der Waals surface area contributed by atoms with Crippen LogP contribution in [0.15, 0.2) is 18.3 Å². The van der Waals surface area contributed by atoms with Crippen molar-refractivity contribution in [3.05, 3.63) is 23.9 Å². The normalized spacial score (nSPS) is 17.1. The van der Waals surface area contributed by atoms with Crippen molar-refractivity contribution in [2.45, 2.75) is 45.2 Å². The minimum Gasteiger partial charge on any atom is -0.384 e. The van der Waals surface area contributed by atoms with Crippen molar-refractivity contribution in [1.29, 1.82) is 0 Å². The van der Waals surface area contributed by atoms with E-state index >= 15 is 0 Å². The van der Waals surface area contributed by atoms with E-state index in [1.165, 1.54) is 31.2 Å². The zero-order valence-electron chi connectivity index (χ0n) is 10.0. The predicted molar refractivity (Wildman–Crippen MR) is 67.0 cm³/mol. The summed E-state index contributed by atoms with van der Waals surface area (Å²) >= 11 is 0. The fraction of sp³-hybridized carbons (Fsp3) is 0.615. The van der Waals surface area contributed by atoms with E-state index in [-0.39, 0.29) is 0 Å². The molecule has 1 aromatic heterocycles. The van der Waals surface area contributed by atoms with Crippen molar-refractivity contribution in [3.8, 4) is 0 Å². The van der Waals surface area contributed by atoms with E-state index in [0.717, 1.165) is 19.1 Å². The molecule has 0 unspecified atom stereocenters. The van der Waals surface area contributed by atoms with Crippen molar-refractivity contribution >= 4 is 5.82 Å². The molecule has 0 aromatic carbocycles. The van der Waals surface area contributed by atoms with E-state index in [2.05, 4.69) is 22.9 Å². The number of aromatic nitrogens is 1. The second-order valence-corrected chi connectivity index (χ2v) is 4.59. The Morgan fingerprint density at radius 3 is 2.81 bits per heavy atom. The van der Waals surface area contributed by atoms with E-state index in [9.17, 15) is 0 Å². The molecule has 0 atom stereocenters. The van der Waals surface area contributed by atoms with E-state index in [1.807, 2.05) is 6.07 Å². The Morgan fingerprint density at radius 2 is 2.19 bits per heavy atom. The lowest BCUT2D eigenvalue weighted by Crippen LogP contribution is -2.32. The first-order valence-corrected chi connectivity index (χ1v) is 6.24. The van der Waals surface area contributed by atoms with Gasteiger partial charge in [-0.05, 0) is 37.1 Å². The fourth-order valence-corrected chi connectivity index (χ4v) is 2.60. The summed E-state index contributed by atoms with van der Waals surface area (Å²) in [6.07, 6.45) is 7.29. The first-order valence-electron chi connectivity index (χ1n) is 6.24. The Labute approximate surface area is 97.7 Å². The smallest absolute Gasteiger partial charge is 0.123 e. The second-order valence-electron chi connectivity index (χ2n) is 4.59. The second kappa shape index (κ2) is 5.30. The van der Waals surface area contributed by atoms with Gasteiger partial charge in [0.1, 0.15) is 5.82 Å². The first kappa shape index (κ1) is 11.4. The van der Waals surface area contributed by atoms with Crippen LogP contribution in [0.2, 0.25) is 0 Å². The molecule has 2 rings (SSSR count). The van der Waals surface area contributed by atoms with Gasteiger partial charge < -0.3 is 5.73 Å². The minimum absolute atomic E-state index is 0.625. The van der Waals surface area contributed by atoms with Crippen LogP contribution in [-0.2, 0) is 6.54 Å². The molecule has 3 heteroatoms. The third kappa shape index (κ3) is 2.73. The Kier molecular flexibility index (Phi) is 3.78. The van der Waals surface area contributed by atoms with Crippen LogP contribution in [0.3, 0.4) is 0 Å². The van der Waals surface area contributed by atoms with E-state index in [4.69, 9.17) is 5.73 Å². The molecule has 0 aliphatic heterocycles. The van der Waals surface area contributed by atoms with E-state index in [1.54, 1.807) is 6.20 Å². The van der Waals surface area contributed by atoms with Gasteiger partial charge in [-0.1, -0.05) is 19.8 Å². The molecule has 3 nitrogen and oxygen atoms in total. The van der Waals surface area contributed by atoms with Gasteiger partial charge in [0.25, 0.3) is 0 Å². The molecule has 1 fully saturated rings. The van der Waals surface area contributed by atoms with Gasteiger partial charge >= 0.3 is 0 Å². The van der Waals surface area contributed by atoms with Gasteiger partial charge in [0.05, 0.1) is 0 Å². The first-order chi connectivity index (χ1) is 7.79. The summed E-state index contributed by atoms with van der Waals surface area (Å²) in [5.74, 6) is 0.625. The molecule has 2 N–H and O–H groups in total. The van der Waals surface area contributed by atoms with Gasteiger partial charge in [-0.2, -0.15) is 0 Å². The van der Waals surface area contributed by atoms with Crippen molar-refractivity contribution in [1.82, 2.24) is 9.88 Å². The maximum atomic E-state index is 5.70. The average molecular weight is 219 g/mol. The number of anilines is 1. The Hall–Kier alpha value is -1.09. The Bertz CT molecular complexity index is 332. The van der Waals surface area contributed by atoms with Gasteiger partial charge in [0.15, 0.2) is 0 Å². The largest absolute Gasteiger partial charge is 0.384 e. The summed E-state index contributed by atoms with van der Waals surface area (Å²) in [5.41, 5.74) is 6.98. The van der Waals surface area contributed by atoms with Gasteiger partial charge in [-0.3, -0.25) is 4.90 Å². The zero-order valence-corrected chi connectivity index (χ0v) is 10.0. The molecule has 0 spiro atoms. The molecule has 1 aliphatic carbocycles. The molecular weight excluding hydrogens is 198 g/mol. The lowest BCUT2D eigenvalue weighted by molar-refractivity contribution is 0.200. The SMILES string of the molecule is CCN(Cc1ccnc(N)c1)C1CCCC1. The van der Waals surface area contributed by atoms with Crippen LogP contribution in [0, 0.1) is 0 Å². The number of rotatable bonds is 4. The zero-order chi connectivity index (χ0) is 11.4. The summed E-state index contributed by atoms with van der Waals surface area (Å²) in [5, 5.41) is 0. The van der Waals surface area contributed by atoms with Crippen molar-refractivity contribution in [2.24, 2.45) is 0 Å².